The zero-order valence-electron chi connectivity index (χ0n) is 15.3. The van der Waals surface area contributed by atoms with E-state index in [9.17, 15) is 14.9 Å². The SMILES string of the molecule is CCN1CC(CN(C)C(=O)c2ccc(N)c([N+](=O)[O-])c2)Oc2ccccc21. The number of carbonyl (C=O) groups excluding carboxylic acids is 1. The summed E-state index contributed by atoms with van der Waals surface area (Å²) in [7, 11) is 1.66. The molecular formula is C19H22N4O4. The summed E-state index contributed by atoms with van der Waals surface area (Å²) in [6.07, 6.45) is -0.197. The Bertz CT molecular complexity index is 871. The molecule has 0 saturated heterocycles. The number of benzene rings is 2. The van der Waals surface area contributed by atoms with E-state index in [0.717, 1.165) is 18.0 Å². The second-order valence-electron chi connectivity index (χ2n) is 6.46. The molecule has 0 bridgehead atoms. The molecule has 1 amide bonds. The van der Waals surface area contributed by atoms with Crippen LogP contribution in [-0.2, 0) is 0 Å². The minimum atomic E-state index is -0.591. The Kier molecular flexibility index (Phi) is 5.16. The maximum Gasteiger partial charge on any atom is 0.292 e. The molecular weight excluding hydrogens is 348 g/mol. The van der Waals surface area contributed by atoms with Crippen LogP contribution in [0.25, 0.3) is 0 Å². The standard InChI is InChI=1S/C19H22N4O4/c1-3-22-12-14(27-18-7-5-4-6-16(18)22)11-21(2)19(24)13-8-9-15(20)17(10-13)23(25)26/h4-10,14H,3,11-12,20H2,1-2H3. The second-order valence-corrected chi connectivity index (χ2v) is 6.46. The molecule has 0 aliphatic carbocycles. The van der Waals surface area contributed by atoms with E-state index < -0.39 is 4.92 Å². The van der Waals surface area contributed by atoms with Gasteiger partial charge in [-0.25, -0.2) is 0 Å². The molecule has 0 saturated carbocycles. The molecule has 1 aliphatic rings. The van der Waals surface area contributed by atoms with Crippen LogP contribution < -0.4 is 15.4 Å². The third kappa shape index (κ3) is 3.79. The summed E-state index contributed by atoms with van der Waals surface area (Å²) in [5.41, 5.74) is 6.63. The molecule has 27 heavy (non-hydrogen) atoms. The van der Waals surface area contributed by atoms with Crippen molar-refractivity contribution < 1.29 is 14.5 Å². The molecule has 2 aromatic rings. The Balaban J connectivity index is 1.74. The lowest BCUT2D eigenvalue weighted by Gasteiger charge is -2.37. The van der Waals surface area contributed by atoms with Crippen LogP contribution in [0.5, 0.6) is 5.75 Å². The van der Waals surface area contributed by atoms with Crippen molar-refractivity contribution in [3.05, 3.63) is 58.1 Å². The van der Waals surface area contributed by atoms with Crippen molar-refractivity contribution >= 4 is 23.0 Å². The molecule has 142 valence electrons. The number of para-hydroxylation sites is 2. The molecule has 0 radical (unpaired) electrons. The van der Waals surface area contributed by atoms with Crippen LogP contribution in [0.2, 0.25) is 0 Å². The molecule has 0 fully saturated rings. The maximum absolute atomic E-state index is 12.7. The van der Waals surface area contributed by atoms with Crippen molar-refractivity contribution in [1.29, 1.82) is 0 Å². The lowest BCUT2D eigenvalue weighted by molar-refractivity contribution is -0.383. The first-order chi connectivity index (χ1) is 12.9. The maximum atomic E-state index is 12.7. The van der Waals surface area contributed by atoms with Gasteiger partial charge in [-0.15, -0.1) is 0 Å². The Hall–Kier alpha value is -3.29. The number of nitro benzene ring substituents is 1. The summed E-state index contributed by atoms with van der Waals surface area (Å²) in [5, 5.41) is 11.0. The van der Waals surface area contributed by atoms with Gasteiger partial charge in [-0.3, -0.25) is 14.9 Å². The van der Waals surface area contributed by atoms with E-state index in [1.807, 2.05) is 24.3 Å². The summed E-state index contributed by atoms with van der Waals surface area (Å²) in [4.78, 5) is 26.9. The van der Waals surface area contributed by atoms with Gasteiger partial charge in [-0.1, -0.05) is 12.1 Å². The van der Waals surface area contributed by atoms with E-state index in [2.05, 4.69) is 11.8 Å². The minimum absolute atomic E-state index is 0.0324. The highest BCUT2D eigenvalue weighted by atomic mass is 16.6. The Labute approximate surface area is 157 Å². The number of amides is 1. The molecule has 2 N–H and O–H groups in total. The first-order valence-corrected chi connectivity index (χ1v) is 8.70. The third-order valence-corrected chi connectivity index (χ3v) is 4.60. The molecule has 0 aromatic heterocycles. The van der Waals surface area contributed by atoms with Gasteiger partial charge in [0.1, 0.15) is 17.5 Å². The Morgan fingerprint density at radius 1 is 1.37 bits per heavy atom. The van der Waals surface area contributed by atoms with Crippen LogP contribution in [0.4, 0.5) is 17.1 Å². The fraction of sp³-hybridized carbons (Fsp3) is 0.316. The highest BCUT2D eigenvalue weighted by Gasteiger charge is 2.27. The van der Waals surface area contributed by atoms with Crippen molar-refractivity contribution in [2.24, 2.45) is 0 Å². The highest BCUT2D eigenvalue weighted by molar-refractivity contribution is 5.95. The Morgan fingerprint density at radius 3 is 2.81 bits per heavy atom. The number of carbonyl (C=O) groups is 1. The molecule has 0 spiro atoms. The highest BCUT2D eigenvalue weighted by Crippen LogP contribution is 2.33. The monoisotopic (exact) mass is 370 g/mol. The van der Waals surface area contributed by atoms with Crippen LogP contribution in [0, 0.1) is 10.1 Å². The number of hydrogen-bond donors (Lipinski definition) is 1. The van der Waals surface area contributed by atoms with Crippen molar-refractivity contribution in [3.63, 3.8) is 0 Å². The lowest BCUT2D eigenvalue weighted by atomic mass is 10.1. The van der Waals surface area contributed by atoms with E-state index in [4.69, 9.17) is 10.5 Å². The second kappa shape index (κ2) is 7.53. The number of nitro groups is 1. The normalized spacial score (nSPS) is 15.6. The number of hydrogen-bond acceptors (Lipinski definition) is 6. The van der Waals surface area contributed by atoms with Crippen molar-refractivity contribution in [3.8, 4) is 5.75 Å². The molecule has 8 nitrogen and oxygen atoms in total. The van der Waals surface area contributed by atoms with E-state index in [1.54, 1.807) is 7.05 Å². The number of rotatable bonds is 5. The van der Waals surface area contributed by atoms with Gasteiger partial charge >= 0.3 is 0 Å². The number of ether oxygens (including phenoxy) is 1. The largest absolute Gasteiger partial charge is 0.485 e. The van der Waals surface area contributed by atoms with Gasteiger partial charge in [0.25, 0.3) is 11.6 Å². The molecule has 1 aliphatic heterocycles. The van der Waals surface area contributed by atoms with Crippen molar-refractivity contribution in [2.75, 3.05) is 37.3 Å². The number of likely N-dealkylation sites (N-methyl/N-ethyl adjacent to an activating group) is 2. The van der Waals surface area contributed by atoms with E-state index in [0.29, 0.717) is 13.1 Å². The predicted octanol–water partition coefficient (Wildman–Crippen LogP) is 2.54. The fourth-order valence-electron chi connectivity index (χ4n) is 3.22. The first-order valence-electron chi connectivity index (χ1n) is 8.70. The van der Waals surface area contributed by atoms with Gasteiger partial charge in [0.15, 0.2) is 0 Å². The van der Waals surface area contributed by atoms with Crippen LogP contribution in [0.15, 0.2) is 42.5 Å². The lowest BCUT2D eigenvalue weighted by Crippen LogP contribution is -2.46. The van der Waals surface area contributed by atoms with Crippen molar-refractivity contribution in [2.45, 2.75) is 13.0 Å². The van der Waals surface area contributed by atoms with E-state index in [-0.39, 0.29) is 28.9 Å². The molecule has 8 heteroatoms. The number of fused-ring (bicyclic) bond motifs is 1. The van der Waals surface area contributed by atoms with Crippen LogP contribution in [-0.4, -0.2) is 48.5 Å². The van der Waals surface area contributed by atoms with Crippen LogP contribution >= 0.6 is 0 Å². The van der Waals surface area contributed by atoms with Crippen molar-refractivity contribution in [1.82, 2.24) is 4.90 Å². The fourth-order valence-corrected chi connectivity index (χ4v) is 3.22. The molecule has 2 aromatic carbocycles. The summed E-state index contributed by atoms with van der Waals surface area (Å²) in [6, 6.07) is 11.9. The number of nitrogens with two attached hydrogens (primary N) is 1. The summed E-state index contributed by atoms with van der Waals surface area (Å²) in [5.74, 6) is 0.475. The molecule has 3 rings (SSSR count). The van der Waals surface area contributed by atoms with Crippen LogP contribution in [0.1, 0.15) is 17.3 Å². The topological polar surface area (TPSA) is 102 Å². The zero-order chi connectivity index (χ0) is 19.6. The van der Waals surface area contributed by atoms with Gasteiger partial charge < -0.3 is 20.3 Å². The van der Waals surface area contributed by atoms with E-state index >= 15 is 0 Å². The zero-order valence-corrected chi connectivity index (χ0v) is 15.3. The van der Waals surface area contributed by atoms with Gasteiger partial charge in [-0.2, -0.15) is 0 Å². The third-order valence-electron chi connectivity index (χ3n) is 4.60. The quantitative estimate of drug-likeness (QED) is 0.493. The van der Waals surface area contributed by atoms with Gasteiger partial charge in [-0.05, 0) is 31.2 Å². The number of anilines is 2. The summed E-state index contributed by atoms with van der Waals surface area (Å²) < 4.78 is 6.04. The smallest absolute Gasteiger partial charge is 0.292 e. The molecule has 1 atom stereocenters. The summed E-state index contributed by atoms with van der Waals surface area (Å²) in [6.45, 7) is 3.93. The Morgan fingerprint density at radius 2 is 2.11 bits per heavy atom. The first kappa shape index (κ1) is 18.5. The van der Waals surface area contributed by atoms with Crippen LogP contribution in [0.3, 0.4) is 0 Å². The van der Waals surface area contributed by atoms with Gasteiger partial charge in [0, 0.05) is 25.2 Å². The molecule has 1 unspecified atom stereocenters. The average Bonchev–Trinajstić information content (AvgIpc) is 2.66. The minimum Gasteiger partial charge on any atom is -0.485 e. The predicted molar refractivity (Wildman–Crippen MR) is 103 cm³/mol. The average molecular weight is 370 g/mol. The number of nitrogen functional groups attached to an aromatic ring is 1. The molecule has 1 heterocycles. The summed E-state index contributed by atoms with van der Waals surface area (Å²) >= 11 is 0. The van der Waals surface area contributed by atoms with Gasteiger partial charge in [0.2, 0.25) is 0 Å². The number of nitrogens with zero attached hydrogens (tertiary/aromatic N) is 3. The van der Waals surface area contributed by atoms with E-state index in [1.165, 1.54) is 23.1 Å². The van der Waals surface area contributed by atoms with Gasteiger partial charge in [0.05, 0.1) is 23.7 Å².